The van der Waals surface area contributed by atoms with Crippen LogP contribution in [0.15, 0.2) is 109 Å². The minimum absolute atomic E-state index is 0.0754. The number of benzene rings is 4. The third-order valence-corrected chi connectivity index (χ3v) is 9.83. The van der Waals surface area contributed by atoms with Crippen molar-refractivity contribution in [1.29, 1.82) is 0 Å². The van der Waals surface area contributed by atoms with Crippen molar-refractivity contribution >= 4 is 23.4 Å². The van der Waals surface area contributed by atoms with Gasteiger partial charge in [0.1, 0.15) is 5.41 Å². The molecule has 7 rings (SSSR count). The smallest absolute Gasteiger partial charge is 0.261 e. The molecule has 1 atom stereocenters. The summed E-state index contributed by atoms with van der Waals surface area (Å²) in [6.45, 7) is 3.57. The van der Waals surface area contributed by atoms with Crippen LogP contribution in [0.1, 0.15) is 69.0 Å². The van der Waals surface area contributed by atoms with Crippen LogP contribution in [0.5, 0.6) is 0 Å². The van der Waals surface area contributed by atoms with E-state index in [1.54, 1.807) is 24.3 Å². The maximum absolute atomic E-state index is 14.7. The third-order valence-electron chi connectivity index (χ3n) is 9.83. The summed E-state index contributed by atoms with van der Waals surface area (Å²) in [6.07, 6.45) is 3.44. The van der Waals surface area contributed by atoms with E-state index in [-0.39, 0.29) is 24.3 Å². The Bertz CT molecular complexity index is 1650. The van der Waals surface area contributed by atoms with E-state index in [4.69, 9.17) is 0 Å². The summed E-state index contributed by atoms with van der Waals surface area (Å²) in [4.78, 5) is 46.3. The molecule has 1 fully saturated rings. The highest BCUT2D eigenvalue weighted by Crippen LogP contribution is 2.48. The number of rotatable bonds is 9. The molecule has 3 aliphatic heterocycles. The predicted octanol–water partition coefficient (Wildman–Crippen LogP) is 6.28. The minimum atomic E-state index is -0.788. The molecule has 1 unspecified atom stereocenters. The van der Waals surface area contributed by atoms with Crippen molar-refractivity contribution in [2.75, 3.05) is 37.6 Å². The van der Waals surface area contributed by atoms with E-state index in [0.29, 0.717) is 36.4 Å². The number of carbonyl (C=O) groups excluding carboxylic acids is 3. The second kappa shape index (κ2) is 11.9. The summed E-state index contributed by atoms with van der Waals surface area (Å²) in [5.41, 5.74) is 4.52. The normalized spacial score (nSPS) is 20.3. The standard InChI is InChI=1S/C38H37N3O3/c42-35-31-16-7-8-17-32(31)36(43)41(35)24-11-23-40-34-19-10-9-18-33(34)38(37(40)44,30-14-5-2-6-15-30)22-27-39-25-20-29(21-26-39)28-12-3-1-4-13-28/h1-10,12-19,29H,11,20-27H2. The summed E-state index contributed by atoms with van der Waals surface area (Å²) in [6, 6.07) is 36.1. The summed E-state index contributed by atoms with van der Waals surface area (Å²) >= 11 is 0. The Morgan fingerprint density at radius 2 is 1.18 bits per heavy atom. The molecule has 0 saturated carbocycles. The number of hydrogen-bond acceptors (Lipinski definition) is 4. The molecular weight excluding hydrogens is 546 g/mol. The van der Waals surface area contributed by atoms with E-state index in [9.17, 15) is 14.4 Å². The molecule has 0 spiro atoms. The molecule has 1 saturated heterocycles. The van der Waals surface area contributed by atoms with Gasteiger partial charge in [-0.1, -0.05) is 91.0 Å². The van der Waals surface area contributed by atoms with Gasteiger partial charge >= 0.3 is 0 Å². The summed E-state index contributed by atoms with van der Waals surface area (Å²) < 4.78 is 0. The fraction of sp³-hybridized carbons (Fsp3) is 0.289. The lowest BCUT2D eigenvalue weighted by Gasteiger charge is -2.36. The number of likely N-dealkylation sites (tertiary alicyclic amines) is 1. The fourth-order valence-electron chi connectivity index (χ4n) is 7.50. The SMILES string of the molecule is O=C1c2ccccc2C(=O)N1CCCN1C(=O)C(CCN2CCC(c3ccccc3)CC2)(c2ccccc2)c2ccccc21. The first-order chi connectivity index (χ1) is 21.6. The minimum Gasteiger partial charge on any atom is -0.311 e. The zero-order chi connectivity index (χ0) is 30.1. The number of anilines is 1. The van der Waals surface area contributed by atoms with Crippen LogP contribution < -0.4 is 4.90 Å². The lowest BCUT2D eigenvalue weighted by molar-refractivity contribution is -0.122. The van der Waals surface area contributed by atoms with E-state index in [1.807, 2.05) is 41.3 Å². The van der Waals surface area contributed by atoms with Gasteiger partial charge in [0, 0.05) is 18.8 Å². The molecule has 4 aromatic rings. The highest BCUT2D eigenvalue weighted by molar-refractivity contribution is 6.21. The van der Waals surface area contributed by atoms with Crippen molar-refractivity contribution in [3.8, 4) is 0 Å². The first-order valence-electron chi connectivity index (χ1n) is 15.8. The molecule has 3 heterocycles. The number of para-hydroxylation sites is 1. The molecule has 0 N–H and O–H groups in total. The molecule has 3 amide bonds. The topological polar surface area (TPSA) is 60.9 Å². The number of carbonyl (C=O) groups is 3. The second-order valence-corrected chi connectivity index (χ2v) is 12.2. The summed E-state index contributed by atoms with van der Waals surface area (Å²) in [5, 5.41) is 0. The quantitative estimate of drug-likeness (QED) is 0.218. The highest BCUT2D eigenvalue weighted by Gasteiger charge is 2.51. The van der Waals surface area contributed by atoms with Crippen molar-refractivity contribution in [3.63, 3.8) is 0 Å². The van der Waals surface area contributed by atoms with Gasteiger partial charge in [-0.3, -0.25) is 19.3 Å². The fourth-order valence-corrected chi connectivity index (χ4v) is 7.50. The largest absolute Gasteiger partial charge is 0.311 e. The molecule has 0 radical (unpaired) electrons. The van der Waals surface area contributed by atoms with E-state index in [0.717, 1.165) is 49.3 Å². The molecule has 222 valence electrons. The van der Waals surface area contributed by atoms with Crippen molar-refractivity contribution in [2.45, 2.75) is 37.0 Å². The van der Waals surface area contributed by atoms with Gasteiger partial charge in [-0.15, -0.1) is 0 Å². The molecular formula is C38H37N3O3. The maximum atomic E-state index is 14.7. The number of fused-ring (bicyclic) bond motifs is 2. The maximum Gasteiger partial charge on any atom is 0.261 e. The summed E-state index contributed by atoms with van der Waals surface area (Å²) in [5.74, 6) is 0.148. The highest BCUT2D eigenvalue weighted by atomic mass is 16.2. The molecule has 6 nitrogen and oxygen atoms in total. The van der Waals surface area contributed by atoms with Crippen LogP contribution in [0, 0.1) is 0 Å². The Balaban J connectivity index is 1.10. The van der Waals surface area contributed by atoms with Crippen LogP contribution in [-0.2, 0) is 10.2 Å². The van der Waals surface area contributed by atoms with Gasteiger partial charge in [-0.25, -0.2) is 0 Å². The van der Waals surface area contributed by atoms with Crippen molar-refractivity contribution < 1.29 is 14.4 Å². The molecule has 0 aliphatic carbocycles. The number of piperidine rings is 1. The number of nitrogens with zero attached hydrogens (tertiary/aromatic N) is 3. The van der Waals surface area contributed by atoms with Crippen LogP contribution in [0.25, 0.3) is 0 Å². The Kier molecular flexibility index (Phi) is 7.61. The van der Waals surface area contributed by atoms with E-state index >= 15 is 0 Å². The van der Waals surface area contributed by atoms with E-state index in [1.165, 1.54) is 10.5 Å². The van der Waals surface area contributed by atoms with Gasteiger partial charge in [0.2, 0.25) is 5.91 Å². The lowest BCUT2D eigenvalue weighted by Crippen LogP contribution is -2.45. The van der Waals surface area contributed by atoms with Gasteiger partial charge in [0.15, 0.2) is 0 Å². The number of hydrogen-bond donors (Lipinski definition) is 0. The van der Waals surface area contributed by atoms with Crippen molar-refractivity contribution in [2.24, 2.45) is 0 Å². The monoisotopic (exact) mass is 583 g/mol. The molecule has 6 heteroatoms. The van der Waals surface area contributed by atoms with Gasteiger partial charge in [-0.05, 0) is 86.1 Å². The Labute approximate surface area is 258 Å². The zero-order valence-electron chi connectivity index (χ0n) is 24.9. The van der Waals surface area contributed by atoms with Gasteiger partial charge in [-0.2, -0.15) is 0 Å². The van der Waals surface area contributed by atoms with Crippen LogP contribution in [0.3, 0.4) is 0 Å². The Hall–Kier alpha value is -4.55. The van der Waals surface area contributed by atoms with Crippen LogP contribution in [-0.4, -0.2) is 60.2 Å². The first kappa shape index (κ1) is 28.2. The average molecular weight is 584 g/mol. The second-order valence-electron chi connectivity index (χ2n) is 12.2. The molecule has 0 bridgehead atoms. The molecule has 3 aliphatic rings. The lowest BCUT2D eigenvalue weighted by atomic mass is 9.72. The predicted molar refractivity (Wildman–Crippen MR) is 172 cm³/mol. The van der Waals surface area contributed by atoms with Crippen molar-refractivity contribution in [3.05, 3.63) is 137 Å². The van der Waals surface area contributed by atoms with Gasteiger partial charge in [0.25, 0.3) is 11.8 Å². The first-order valence-corrected chi connectivity index (χ1v) is 15.8. The third kappa shape index (κ3) is 4.83. The van der Waals surface area contributed by atoms with E-state index in [2.05, 4.69) is 53.4 Å². The van der Waals surface area contributed by atoms with Crippen LogP contribution in [0.4, 0.5) is 5.69 Å². The van der Waals surface area contributed by atoms with Crippen LogP contribution >= 0.6 is 0 Å². The van der Waals surface area contributed by atoms with Gasteiger partial charge in [0.05, 0.1) is 11.1 Å². The number of imide groups is 1. The van der Waals surface area contributed by atoms with Crippen LogP contribution in [0.2, 0.25) is 0 Å². The molecule has 0 aromatic heterocycles. The van der Waals surface area contributed by atoms with E-state index < -0.39 is 5.41 Å². The molecule has 44 heavy (non-hydrogen) atoms. The molecule has 4 aromatic carbocycles. The van der Waals surface area contributed by atoms with Gasteiger partial charge < -0.3 is 9.80 Å². The van der Waals surface area contributed by atoms with Crippen molar-refractivity contribution in [1.82, 2.24) is 9.80 Å². The number of amides is 3. The Morgan fingerprint density at radius 1 is 0.614 bits per heavy atom. The average Bonchev–Trinajstić information content (AvgIpc) is 3.47. The summed E-state index contributed by atoms with van der Waals surface area (Å²) in [7, 11) is 0. The Morgan fingerprint density at radius 3 is 1.86 bits per heavy atom. The zero-order valence-corrected chi connectivity index (χ0v) is 24.9.